The summed E-state index contributed by atoms with van der Waals surface area (Å²) in [6.45, 7) is 5.12. The molecule has 2 atom stereocenters. The molecule has 2 heterocycles. The number of hydrogen-bond acceptors (Lipinski definition) is 5. The number of hydrogen-bond donors (Lipinski definition) is 2. The molecule has 1 aromatic heterocycles. The van der Waals surface area contributed by atoms with Crippen LogP contribution in [0.3, 0.4) is 0 Å². The highest BCUT2D eigenvalue weighted by Crippen LogP contribution is 2.57. The summed E-state index contributed by atoms with van der Waals surface area (Å²) in [7, 11) is 1.59. The minimum atomic E-state index is -0.331. The lowest BCUT2D eigenvalue weighted by Gasteiger charge is -2.30. The zero-order chi connectivity index (χ0) is 15.1. The van der Waals surface area contributed by atoms with Crippen molar-refractivity contribution in [2.75, 3.05) is 19.0 Å². The van der Waals surface area contributed by atoms with Gasteiger partial charge in [0.2, 0.25) is 0 Å². The van der Waals surface area contributed by atoms with Gasteiger partial charge in [-0.1, -0.05) is 0 Å². The monoisotopic (exact) mass is 292 g/mol. The second-order valence-corrected chi connectivity index (χ2v) is 6.10. The van der Waals surface area contributed by atoms with Crippen LogP contribution in [0.5, 0.6) is 0 Å². The Morgan fingerprint density at radius 2 is 2.33 bits per heavy atom. The molecule has 2 unspecified atom stereocenters. The van der Waals surface area contributed by atoms with Gasteiger partial charge in [-0.3, -0.25) is 5.32 Å². The summed E-state index contributed by atoms with van der Waals surface area (Å²) in [5.74, 6) is 0.868. The highest BCUT2D eigenvalue weighted by molar-refractivity contribution is 5.89. The number of amides is 2. The van der Waals surface area contributed by atoms with Crippen LogP contribution in [0.2, 0.25) is 0 Å². The average Bonchev–Trinajstić information content (AvgIpc) is 3.06. The minimum Gasteiger partial charge on any atom is -0.378 e. The summed E-state index contributed by atoms with van der Waals surface area (Å²) in [4.78, 5) is 20.3. The fourth-order valence-corrected chi connectivity index (χ4v) is 3.05. The van der Waals surface area contributed by atoms with Crippen LogP contribution < -0.4 is 10.6 Å². The van der Waals surface area contributed by atoms with Gasteiger partial charge in [-0.05, 0) is 20.3 Å². The van der Waals surface area contributed by atoms with E-state index in [1.807, 2.05) is 13.8 Å². The summed E-state index contributed by atoms with van der Waals surface area (Å²) in [5, 5.41) is 5.80. The van der Waals surface area contributed by atoms with E-state index >= 15 is 0 Å². The van der Waals surface area contributed by atoms with Crippen LogP contribution in [0.15, 0.2) is 12.4 Å². The van der Waals surface area contributed by atoms with Gasteiger partial charge in [-0.2, -0.15) is 0 Å². The van der Waals surface area contributed by atoms with E-state index in [0.717, 1.165) is 12.1 Å². The number of methoxy groups -OCH3 is 1. The van der Waals surface area contributed by atoms with Crippen LogP contribution in [-0.2, 0) is 16.1 Å². The average molecular weight is 292 g/mol. The second-order valence-electron chi connectivity index (χ2n) is 6.10. The number of rotatable bonds is 4. The molecular formula is C14H20N4O3. The molecule has 114 valence electrons. The fraction of sp³-hybridized carbons (Fsp3) is 0.643. The fourth-order valence-electron chi connectivity index (χ4n) is 3.05. The summed E-state index contributed by atoms with van der Waals surface area (Å²) < 4.78 is 10.7. The van der Waals surface area contributed by atoms with Crippen LogP contribution >= 0.6 is 0 Å². The number of ether oxygens (including phenoxy) is 2. The maximum atomic E-state index is 12.2. The van der Waals surface area contributed by atoms with Gasteiger partial charge in [0, 0.05) is 19.1 Å². The van der Waals surface area contributed by atoms with Gasteiger partial charge in [0.1, 0.15) is 12.1 Å². The highest BCUT2D eigenvalue weighted by Gasteiger charge is 2.69. The Balaban J connectivity index is 1.64. The van der Waals surface area contributed by atoms with Gasteiger partial charge in [-0.15, -0.1) is 0 Å². The Bertz CT molecular complexity index is 563. The largest absolute Gasteiger partial charge is 0.378 e. The van der Waals surface area contributed by atoms with Crippen LogP contribution in [0.25, 0.3) is 0 Å². The van der Waals surface area contributed by atoms with E-state index in [0.29, 0.717) is 24.9 Å². The first-order chi connectivity index (χ1) is 9.97. The number of carbonyl (C=O) groups excluding carboxylic acids is 1. The molecule has 3 rings (SSSR count). The molecule has 1 saturated carbocycles. The Labute approximate surface area is 123 Å². The standard InChI is InChI=1S/C14H20N4O3/c1-13(2)14(5-9(14)6-21-13)18-12(19)17-11-4-10(7-20-3)15-8-16-11/h4,8-9H,5-7H2,1-3H3,(H2,15,16,17,18,19). The molecule has 21 heavy (non-hydrogen) atoms. The molecule has 0 aromatic carbocycles. The molecule has 2 amide bonds. The molecule has 2 N–H and O–H groups in total. The van der Waals surface area contributed by atoms with Crippen molar-refractivity contribution in [3.05, 3.63) is 18.1 Å². The number of nitrogens with zero attached hydrogens (tertiary/aromatic N) is 2. The van der Waals surface area contributed by atoms with E-state index in [4.69, 9.17) is 9.47 Å². The molecule has 7 nitrogen and oxygen atoms in total. The van der Waals surface area contributed by atoms with Crippen molar-refractivity contribution in [1.82, 2.24) is 15.3 Å². The minimum absolute atomic E-state index is 0.251. The first-order valence-corrected chi connectivity index (χ1v) is 7.00. The number of carbonyl (C=O) groups is 1. The van der Waals surface area contributed by atoms with Crippen LogP contribution in [0, 0.1) is 5.92 Å². The van der Waals surface area contributed by atoms with E-state index in [9.17, 15) is 4.79 Å². The number of urea groups is 1. The smallest absolute Gasteiger partial charge is 0.320 e. The lowest BCUT2D eigenvalue weighted by Crippen LogP contribution is -2.52. The molecule has 2 aliphatic rings. The van der Waals surface area contributed by atoms with Crippen molar-refractivity contribution >= 4 is 11.8 Å². The van der Waals surface area contributed by atoms with E-state index in [1.54, 1.807) is 13.2 Å². The van der Waals surface area contributed by atoms with E-state index in [2.05, 4.69) is 20.6 Å². The summed E-state index contributed by atoms with van der Waals surface area (Å²) in [6.07, 6.45) is 2.37. The van der Waals surface area contributed by atoms with E-state index in [1.165, 1.54) is 6.33 Å². The normalized spacial score (nSPS) is 28.8. The van der Waals surface area contributed by atoms with Gasteiger partial charge >= 0.3 is 6.03 Å². The topological polar surface area (TPSA) is 85.4 Å². The zero-order valence-electron chi connectivity index (χ0n) is 12.5. The molecule has 1 aliphatic carbocycles. The summed E-state index contributed by atoms with van der Waals surface area (Å²) >= 11 is 0. The lowest BCUT2D eigenvalue weighted by atomic mass is 9.96. The maximum absolute atomic E-state index is 12.2. The van der Waals surface area contributed by atoms with E-state index < -0.39 is 0 Å². The number of fused-ring (bicyclic) bond motifs is 1. The summed E-state index contributed by atoms with van der Waals surface area (Å²) in [5.41, 5.74) is 0.135. The van der Waals surface area contributed by atoms with Gasteiger partial charge < -0.3 is 14.8 Å². The SMILES string of the molecule is COCc1cc(NC(=O)NC23CC2COC3(C)C)ncn1. The Morgan fingerprint density at radius 3 is 2.95 bits per heavy atom. The molecular weight excluding hydrogens is 272 g/mol. The Hall–Kier alpha value is -1.73. The quantitative estimate of drug-likeness (QED) is 0.874. The Kier molecular flexibility index (Phi) is 3.33. The van der Waals surface area contributed by atoms with Crippen molar-refractivity contribution in [2.24, 2.45) is 5.92 Å². The van der Waals surface area contributed by atoms with Gasteiger partial charge in [-0.25, -0.2) is 14.8 Å². The van der Waals surface area contributed by atoms with Gasteiger partial charge in [0.25, 0.3) is 0 Å². The molecule has 7 heteroatoms. The van der Waals surface area contributed by atoms with Crippen LogP contribution in [-0.4, -0.2) is 40.9 Å². The molecule has 1 aromatic rings. The predicted octanol–water partition coefficient (Wildman–Crippen LogP) is 1.31. The molecule has 1 aliphatic heterocycles. The number of aromatic nitrogens is 2. The van der Waals surface area contributed by atoms with Crippen molar-refractivity contribution < 1.29 is 14.3 Å². The third-order valence-corrected chi connectivity index (χ3v) is 4.42. The van der Waals surface area contributed by atoms with Crippen LogP contribution in [0.1, 0.15) is 26.0 Å². The van der Waals surface area contributed by atoms with E-state index in [-0.39, 0.29) is 17.2 Å². The van der Waals surface area contributed by atoms with Crippen molar-refractivity contribution in [3.63, 3.8) is 0 Å². The number of nitrogens with one attached hydrogen (secondary N) is 2. The van der Waals surface area contributed by atoms with Crippen molar-refractivity contribution in [1.29, 1.82) is 0 Å². The van der Waals surface area contributed by atoms with Gasteiger partial charge in [0.05, 0.1) is 30.0 Å². The number of anilines is 1. The lowest BCUT2D eigenvalue weighted by molar-refractivity contribution is -0.00667. The maximum Gasteiger partial charge on any atom is 0.320 e. The predicted molar refractivity (Wildman–Crippen MR) is 75.8 cm³/mol. The molecule has 0 spiro atoms. The molecule has 2 fully saturated rings. The first kappa shape index (κ1) is 14.2. The van der Waals surface area contributed by atoms with Crippen molar-refractivity contribution in [3.8, 4) is 0 Å². The van der Waals surface area contributed by atoms with Crippen molar-refractivity contribution in [2.45, 2.75) is 38.0 Å². The third-order valence-electron chi connectivity index (χ3n) is 4.42. The molecule has 0 bridgehead atoms. The Morgan fingerprint density at radius 1 is 1.52 bits per heavy atom. The zero-order valence-corrected chi connectivity index (χ0v) is 12.5. The third kappa shape index (κ3) is 2.47. The molecule has 0 radical (unpaired) electrons. The summed E-state index contributed by atoms with van der Waals surface area (Å²) in [6, 6.07) is 1.43. The highest BCUT2D eigenvalue weighted by atomic mass is 16.5. The van der Waals surface area contributed by atoms with Crippen LogP contribution in [0.4, 0.5) is 10.6 Å². The van der Waals surface area contributed by atoms with Gasteiger partial charge in [0.15, 0.2) is 0 Å². The second kappa shape index (κ2) is 4.92. The first-order valence-electron chi connectivity index (χ1n) is 7.00. The molecule has 1 saturated heterocycles.